The number of nitrogens with one attached hydrogen (secondary N) is 1. The standard InChI is InChI=1S/C15H20N4O3S3/c1-3-19-13(11-5-4-7-23-11)17-18-14(19)24-9-12(20)16-15(2)6-8-25(21,22)10-15/h4-5,7H,3,6,8-10H2,1-2H3,(H,16,20). The van der Waals surface area contributed by atoms with E-state index < -0.39 is 15.4 Å². The maximum absolute atomic E-state index is 12.2. The van der Waals surface area contributed by atoms with Gasteiger partial charge in [0, 0.05) is 6.54 Å². The summed E-state index contributed by atoms with van der Waals surface area (Å²) < 4.78 is 25.2. The van der Waals surface area contributed by atoms with Crippen molar-refractivity contribution in [1.29, 1.82) is 0 Å². The van der Waals surface area contributed by atoms with Crippen LogP contribution in [0.2, 0.25) is 0 Å². The quantitative estimate of drug-likeness (QED) is 0.743. The monoisotopic (exact) mass is 400 g/mol. The first-order chi connectivity index (χ1) is 11.8. The van der Waals surface area contributed by atoms with Crippen molar-refractivity contribution in [2.45, 2.75) is 37.5 Å². The number of carbonyl (C=O) groups is 1. The minimum atomic E-state index is -3.05. The number of aromatic nitrogens is 3. The summed E-state index contributed by atoms with van der Waals surface area (Å²) in [6, 6.07) is 3.95. The summed E-state index contributed by atoms with van der Waals surface area (Å²) in [5.41, 5.74) is -0.670. The van der Waals surface area contributed by atoms with E-state index >= 15 is 0 Å². The highest BCUT2D eigenvalue weighted by molar-refractivity contribution is 7.99. The Balaban J connectivity index is 1.63. The predicted molar refractivity (Wildman–Crippen MR) is 99.6 cm³/mol. The van der Waals surface area contributed by atoms with Gasteiger partial charge in [0.05, 0.1) is 27.7 Å². The number of nitrogens with zero attached hydrogens (tertiary/aromatic N) is 3. The van der Waals surface area contributed by atoms with Crippen molar-refractivity contribution in [1.82, 2.24) is 20.1 Å². The van der Waals surface area contributed by atoms with Crippen molar-refractivity contribution in [2.75, 3.05) is 17.3 Å². The Morgan fingerprint density at radius 1 is 1.48 bits per heavy atom. The van der Waals surface area contributed by atoms with Crippen LogP contribution in [0, 0.1) is 0 Å². The average molecular weight is 401 g/mol. The highest BCUT2D eigenvalue weighted by Gasteiger charge is 2.39. The third kappa shape index (κ3) is 4.24. The molecule has 1 N–H and O–H groups in total. The maximum Gasteiger partial charge on any atom is 0.230 e. The van der Waals surface area contributed by atoms with Crippen LogP contribution in [0.4, 0.5) is 0 Å². The molecule has 1 aliphatic rings. The molecular formula is C15H20N4O3S3. The molecule has 136 valence electrons. The van der Waals surface area contributed by atoms with Crippen molar-refractivity contribution in [3.8, 4) is 10.7 Å². The summed E-state index contributed by atoms with van der Waals surface area (Å²) in [6.45, 7) is 4.50. The Bertz CT molecular complexity index is 861. The Hall–Kier alpha value is -1.39. The molecular weight excluding hydrogens is 380 g/mol. The molecule has 0 aromatic carbocycles. The number of hydrogen-bond donors (Lipinski definition) is 1. The molecule has 2 aromatic rings. The Morgan fingerprint density at radius 2 is 2.28 bits per heavy atom. The van der Waals surface area contributed by atoms with Crippen LogP contribution in [0.15, 0.2) is 22.7 Å². The van der Waals surface area contributed by atoms with Gasteiger partial charge in [-0.15, -0.1) is 21.5 Å². The van der Waals surface area contributed by atoms with Crippen molar-refractivity contribution in [3.05, 3.63) is 17.5 Å². The summed E-state index contributed by atoms with van der Waals surface area (Å²) in [5.74, 6) is 0.926. The van der Waals surface area contributed by atoms with Gasteiger partial charge in [0.25, 0.3) is 0 Å². The zero-order valence-corrected chi connectivity index (χ0v) is 16.5. The van der Waals surface area contributed by atoms with Crippen LogP contribution in [0.25, 0.3) is 10.7 Å². The minimum absolute atomic E-state index is 0.00404. The molecule has 7 nitrogen and oxygen atoms in total. The fourth-order valence-electron chi connectivity index (χ4n) is 2.88. The van der Waals surface area contributed by atoms with E-state index in [0.717, 1.165) is 10.7 Å². The number of rotatable bonds is 6. The fraction of sp³-hybridized carbons (Fsp3) is 0.533. The van der Waals surface area contributed by atoms with Crippen molar-refractivity contribution in [3.63, 3.8) is 0 Å². The molecule has 1 fully saturated rings. The molecule has 0 saturated carbocycles. The van der Waals surface area contributed by atoms with Gasteiger partial charge in [-0.2, -0.15) is 0 Å². The summed E-state index contributed by atoms with van der Waals surface area (Å²) in [5, 5.41) is 14.0. The predicted octanol–water partition coefficient (Wildman–Crippen LogP) is 1.81. The van der Waals surface area contributed by atoms with Gasteiger partial charge in [0.15, 0.2) is 20.8 Å². The maximum atomic E-state index is 12.2. The van der Waals surface area contributed by atoms with Crippen LogP contribution in [0.3, 0.4) is 0 Å². The van der Waals surface area contributed by atoms with E-state index in [2.05, 4.69) is 15.5 Å². The number of thioether (sulfide) groups is 1. The van der Waals surface area contributed by atoms with Crippen LogP contribution in [-0.2, 0) is 21.2 Å². The van der Waals surface area contributed by atoms with Gasteiger partial charge in [-0.25, -0.2) is 8.42 Å². The van der Waals surface area contributed by atoms with Crippen LogP contribution in [-0.4, -0.2) is 51.9 Å². The first-order valence-electron chi connectivity index (χ1n) is 7.93. The molecule has 1 atom stereocenters. The van der Waals surface area contributed by atoms with E-state index in [9.17, 15) is 13.2 Å². The second-order valence-corrected chi connectivity index (χ2v) is 10.3. The highest BCUT2D eigenvalue weighted by atomic mass is 32.2. The first kappa shape index (κ1) is 18.4. The third-order valence-electron chi connectivity index (χ3n) is 4.05. The van der Waals surface area contributed by atoms with Gasteiger partial charge in [-0.05, 0) is 31.7 Å². The molecule has 25 heavy (non-hydrogen) atoms. The van der Waals surface area contributed by atoms with Gasteiger partial charge in [0.2, 0.25) is 5.91 Å². The highest BCUT2D eigenvalue weighted by Crippen LogP contribution is 2.27. The molecule has 0 radical (unpaired) electrons. The summed E-state index contributed by atoms with van der Waals surface area (Å²) in [6.07, 6.45) is 0.458. The molecule has 0 spiro atoms. The van der Waals surface area contributed by atoms with Crippen molar-refractivity contribution in [2.24, 2.45) is 0 Å². The number of amides is 1. The van der Waals surface area contributed by atoms with E-state index in [1.54, 1.807) is 18.3 Å². The fourth-order valence-corrected chi connectivity index (χ4v) is 6.49. The number of sulfone groups is 1. The topological polar surface area (TPSA) is 94.0 Å². The SMILES string of the molecule is CCn1c(SCC(=O)NC2(C)CCS(=O)(=O)C2)nnc1-c1cccs1. The van der Waals surface area contributed by atoms with E-state index in [1.165, 1.54) is 11.8 Å². The van der Waals surface area contributed by atoms with Crippen molar-refractivity contribution >= 4 is 38.8 Å². The van der Waals surface area contributed by atoms with Crippen LogP contribution >= 0.6 is 23.1 Å². The second kappa shape index (κ2) is 7.08. The first-order valence-corrected chi connectivity index (χ1v) is 11.6. The number of carbonyl (C=O) groups excluding carboxylic acids is 1. The normalized spacial score (nSPS) is 22.2. The van der Waals surface area contributed by atoms with Gasteiger partial charge >= 0.3 is 0 Å². The molecule has 1 aliphatic heterocycles. The third-order valence-corrected chi connectivity index (χ3v) is 7.79. The van der Waals surface area contributed by atoms with E-state index in [0.29, 0.717) is 18.1 Å². The zero-order valence-electron chi connectivity index (χ0n) is 14.1. The molecule has 1 saturated heterocycles. The molecule has 0 aliphatic carbocycles. The molecule has 2 aromatic heterocycles. The number of hydrogen-bond acceptors (Lipinski definition) is 7. The van der Waals surface area contributed by atoms with Crippen LogP contribution in [0.1, 0.15) is 20.3 Å². The van der Waals surface area contributed by atoms with E-state index in [4.69, 9.17) is 0 Å². The number of thiophene rings is 1. The lowest BCUT2D eigenvalue weighted by atomic mass is 10.0. The lowest BCUT2D eigenvalue weighted by molar-refractivity contribution is -0.120. The molecule has 3 heterocycles. The summed E-state index contributed by atoms with van der Waals surface area (Å²) >= 11 is 2.91. The van der Waals surface area contributed by atoms with Gasteiger partial charge in [0.1, 0.15) is 0 Å². The van der Waals surface area contributed by atoms with Gasteiger partial charge < -0.3 is 9.88 Å². The Labute approximate surface area is 155 Å². The summed E-state index contributed by atoms with van der Waals surface area (Å²) in [4.78, 5) is 13.3. The average Bonchev–Trinajstić information content (AvgIpc) is 3.23. The molecule has 1 amide bonds. The van der Waals surface area contributed by atoms with Crippen LogP contribution < -0.4 is 5.32 Å². The largest absolute Gasteiger partial charge is 0.349 e. The smallest absolute Gasteiger partial charge is 0.230 e. The molecule has 0 bridgehead atoms. The van der Waals surface area contributed by atoms with E-state index in [1.807, 2.05) is 29.0 Å². The van der Waals surface area contributed by atoms with Gasteiger partial charge in [-0.3, -0.25) is 4.79 Å². The van der Waals surface area contributed by atoms with Crippen molar-refractivity contribution < 1.29 is 13.2 Å². The van der Waals surface area contributed by atoms with Gasteiger partial charge in [-0.1, -0.05) is 17.8 Å². The zero-order chi connectivity index (χ0) is 18.1. The van der Waals surface area contributed by atoms with E-state index in [-0.39, 0.29) is 23.2 Å². The minimum Gasteiger partial charge on any atom is -0.349 e. The summed E-state index contributed by atoms with van der Waals surface area (Å²) in [7, 11) is -3.05. The Kier molecular flexibility index (Phi) is 5.21. The molecule has 10 heteroatoms. The van der Waals surface area contributed by atoms with Crippen LogP contribution in [0.5, 0.6) is 0 Å². The lowest BCUT2D eigenvalue weighted by Crippen LogP contribution is -2.47. The lowest BCUT2D eigenvalue weighted by Gasteiger charge is -2.23. The second-order valence-electron chi connectivity index (χ2n) is 6.27. The molecule has 3 rings (SSSR count). The Morgan fingerprint density at radius 3 is 2.88 bits per heavy atom. The molecule has 1 unspecified atom stereocenters.